The number of rotatable bonds is 3. The average Bonchev–Trinajstić information content (AvgIpc) is 2.81. The zero-order valence-electron chi connectivity index (χ0n) is 11.7. The number of ether oxygens (including phenoxy) is 1. The molecular weight excluding hydrogens is 253 g/mol. The lowest BCUT2D eigenvalue weighted by atomic mass is 10.1. The molecule has 3 heteroatoms. The second-order valence-corrected chi connectivity index (χ2v) is 5.42. The first-order chi connectivity index (χ1) is 9.61. The largest absolute Gasteiger partial charge is 0.488 e. The SMILES string of the molecule is Cc1ccc2c(c1)CC(CNc1cc(C)ccc1F)O2. The Kier molecular flexibility index (Phi) is 3.35. The van der Waals surface area contributed by atoms with E-state index in [4.69, 9.17) is 4.74 Å². The van der Waals surface area contributed by atoms with Gasteiger partial charge in [-0.25, -0.2) is 4.39 Å². The molecule has 1 N–H and O–H groups in total. The molecule has 2 nitrogen and oxygen atoms in total. The molecule has 0 fully saturated rings. The molecule has 104 valence electrons. The molecule has 3 rings (SSSR count). The molecule has 0 spiro atoms. The number of aryl methyl sites for hydroxylation is 2. The number of nitrogens with one attached hydrogen (secondary N) is 1. The van der Waals surface area contributed by atoms with Crippen molar-refractivity contribution in [2.45, 2.75) is 26.4 Å². The van der Waals surface area contributed by atoms with E-state index in [9.17, 15) is 4.39 Å². The topological polar surface area (TPSA) is 21.3 Å². The van der Waals surface area contributed by atoms with Crippen LogP contribution in [0, 0.1) is 19.7 Å². The fourth-order valence-electron chi connectivity index (χ4n) is 2.56. The minimum absolute atomic E-state index is 0.0618. The van der Waals surface area contributed by atoms with Gasteiger partial charge in [-0.05, 0) is 43.2 Å². The molecule has 1 aliphatic rings. The van der Waals surface area contributed by atoms with E-state index in [0.717, 1.165) is 17.7 Å². The molecule has 2 aromatic carbocycles. The highest BCUT2D eigenvalue weighted by atomic mass is 19.1. The number of benzene rings is 2. The molecule has 0 saturated carbocycles. The molecule has 1 atom stereocenters. The number of fused-ring (bicyclic) bond motifs is 1. The summed E-state index contributed by atoms with van der Waals surface area (Å²) in [5.74, 6) is 0.731. The first-order valence-electron chi connectivity index (χ1n) is 6.88. The van der Waals surface area contributed by atoms with E-state index in [1.54, 1.807) is 6.07 Å². The maximum absolute atomic E-state index is 13.7. The quantitative estimate of drug-likeness (QED) is 0.915. The van der Waals surface area contributed by atoms with Crippen LogP contribution in [0.25, 0.3) is 0 Å². The Hall–Kier alpha value is -2.03. The third-order valence-corrected chi connectivity index (χ3v) is 3.60. The Morgan fingerprint density at radius 1 is 1.15 bits per heavy atom. The van der Waals surface area contributed by atoms with Crippen LogP contribution in [0.2, 0.25) is 0 Å². The van der Waals surface area contributed by atoms with Crippen molar-refractivity contribution < 1.29 is 9.13 Å². The van der Waals surface area contributed by atoms with E-state index in [-0.39, 0.29) is 11.9 Å². The van der Waals surface area contributed by atoms with Crippen molar-refractivity contribution in [3.05, 3.63) is 58.9 Å². The summed E-state index contributed by atoms with van der Waals surface area (Å²) in [5.41, 5.74) is 4.06. The minimum atomic E-state index is -0.220. The predicted octanol–water partition coefficient (Wildman–Crippen LogP) is 3.86. The highest BCUT2D eigenvalue weighted by Crippen LogP contribution is 2.29. The number of hydrogen-bond donors (Lipinski definition) is 1. The molecular formula is C17H18FNO. The molecule has 1 aliphatic heterocycles. The van der Waals surface area contributed by atoms with Gasteiger partial charge in [-0.2, -0.15) is 0 Å². The van der Waals surface area contributed by atoms with Gasteiger partial charge in [-0.1, -0.05) is 23.8 Å². The van der Waals surface area contributed by atoms with Gasteiger partial charge in [0.05, 0.1) is 12.2 Å². The van der Waals surface area contributed by atoms with Gasteiger partial charge in [0.25, 0.3) is 0 Å². The van der Waals surface area contributed by atoms with Crippen molar-refractivity contribution in [2.24, 2.45) is 0 Å². The molecule has 20 heavy (non-hydrogen) atoms. The van der Waals surface area contributed by atoms with Crippen LogP contribution in [0.3, 0.4) is 0 Å². The molecule has 0 bridgehead atoms. The van der Waals surface area contributed by atoms with Crippen molar-refractivity contribution in [1.29, 1.82) is 0 Å². The van der Waals surface area contributed by atoms with Gasteiger partial charge in [0.2, 0.25) is 0 Å². The first-order valence-corrected chi connectivity index (χ1v) is 6.88. The van der Waals surface area contributed by atoms with Gasteiger partial charge in [0.15, 0.2) is 0 Å². The molecule has 2 aromatic rings. The highest BCUT2D eigenvalue weighted by molar-refractivity contribution is 5.47. The second-order valence-electron chi connectivity index (χ2n) is 5.42. The van der Waals surface area contributed by atoms with Gasteiger partial charge < -0.3 is 10.1 Å². The summed E-state index contributed by atoms with van der Waals surface area (Å²) in [7, 11) is 0. The standard InChI is InChI=1S/C17H18FNO/c1-11-4-6-17-13(7-11)9-14(20-17)10-19-16-8-12(2)3-5-15(16)18/h3-8,14,19H,9-10H2,1-2H3. The summed E-state index contributed by atoms with van der Waals surface area (Å²) in [4.78, 5) is 0. The van der Waals surface area contributed by atoms with E-state index < -0.39 is 0 Å². The summed E-state index contributed by atoms with van der Waals surface area (Å²) >= 11 is 0. The zero-order chi connectivity index (χ0) is 14.1. The fourth-order valence-corrected chi connectivity index (χ4v) is 2.56. The molecule has 0 saturated heterocycles. The first kappa shape index (κ1) is 13.0. The number of anilines is 1. The average molecular weight is 271 g/mol. The van der Waals surface area contributed by atoms with Gasteiger partial charge in [-0.3, -0.25) is 0 Å². The highest BCUT2D eigenvalue weighted by Gasteiger charge is 2.22. The Labute approximate surface area is 118 Å². The van der Waals surface area contributed by atoms with E-state index >= 15 is 0 Å². The molecule has 0 amide bonds. The molecule has 0 aliphatic carbocycles. The van der Waals surface area contributed by atoms with Crippen molar-refractivity contribution >= 4 is 5.69 Å². The summed E-state index contributed by atoms with van der Waals surface area (Å²) in [6, 6.07) is 11.3. The predicted molar refractivity (Wildman–Crippen MR) is 78.9 cm³/mol. The monoisotopic (exact) mass is 271 g/mol. The number of halogens is 1. The van der Waals surface area contributed by atoms with Crippen molar-refractivity contribution in [1.82, 2.24) is 0 Å². The Morgan fingerprint density at radius 3 is 2.75 bits per heavy atom. The fraction of sp³-hybridized carbons (Fsp3) is 0.294. The lowest BCUT2D eigenvalue weighted by molar-refractivity contribution is 0.246. The second kappa shape index (κ2) is 5.16. The maximum Gasteiger partial charge on any atom is 0.146 e. The van der Waals surface area contributed by atoms with E-state index in [2.05, 4.69) is 24.4 Å². The van der Waals surface area contributed by atoms with Crippen molar-refractivity contribution in [3.63, 3.8) is 0 Å². The molecule has 0 radical (unpaired) electrons. The van der Waals surface area contributed by atoms with E-state index in [1.807, 2.05) is 19.1 Å². The summed E-state index contributed by atoms with van der Waals surface area (Å²) in [5, 5.41) is 3.15. The van der Waals surface area contributed by atoms with Gasteiger partial charge in [-0.15, -0.1) is 0 Å². The van der Waals surface area contributed by atoms with E-state index in [1.165, 1.54) is 17.2 Å². The number of hydrogen-bond acceptors (Lipinski definition) is 2. The van der Waals surface area contributed by atoms with Crippen LogP contribution in [-0.2, 0) is 6.42 Å². The lowest BCUT2D eigenvalue weighted by Gasteiger charge is -2.13. The summed E-state index contributed by atoms with van der Waals surface area (Å²) in [6.07, 6.45) is 0.934. The molecule has 1 heterocycles. The Morgan fingerprint density at radius 2 is 1.90 bits per heavy atom. The summed E-state index contributed by atoms with van der Waals surface area (Å²) in [6.45, 7) is 4.64. The van der Waals surface area contributed by atoms with Crippen LogP contribution >= 0.6 is 0 Å². The minimum Gasteiger partial charge on any atom is -0.488 e. The van der Waals surface area contributed by atoms with Crippen LogP contribution in [0.4, 0.5) is 10.1 Å². The van der Waals surface area contributed by atoms with Gasteiger partial charge >= 0.3 is 0 Å². The van der Waals surface area contributed by atoms with Crippen LogP contribution in [-0.4, -0.2) is 12.6 Å². The van der Waals surface area contributed by atoms with Crippen LogP contribution in [0.15, 0.2) is 36.4 Å². The van der Waals surface area contributed by atoms with Crippen molar-refractivity contribution in [2.75, 3.05) is 11.9 Å². The molecule has 0 aromatic heterocycles. The third-order valence-electron chi connectivity index (χ3n) is 3.60. The molecule has 1 unspecified atom stereocenters. The van der Waals surface area contributed by atoms with Gasteiger partial charge in [0, 0.05) is 6.42 Å². The Balaban J connectivity index is 1.65. The summed E-state index contributed by atoms with van der Waals surface area (Å²) < 4.78 is 19.5. The van der Waals surface area contributed by atoms with Crippen LogP contribution in [0.5, 0.6) is 5.75 Å². The normalized spacial score (nSPS) is 16.6. The van der Waals surface area contributed by atoms with Crippen LogP contribution < -0.4 is 10.1 Å². The maximum atomic E-state index is 13.7. The smallest absolute Gasteiger partial charge is 0.146 e. The van der Waals surface area contributed by atoms with E-state index in [0.29, 0.717) is 12.2 Å². The third kappa shape index (κ3) is 2.62. The van der Waals surface area contributed by atoms with Crippen molar-refractivity contribution in [3.8, 4) is 5.75 Å². The zero-order valence-corrected chi connectivity index (χ0v) is 11.7. The Bertz CT molecular complexity index is 639. The lowest BCUT2D eigenvalue weighted by Crippen LogP contribution is -2.24. The van der Waals surface area contributed by atoms with Gasteiger partial charge in [0.1, 0.15) is 17.7 Å². The van der Waals surface area contributed by atoms with Crippen LogP contribution in [0.1, 0.15) is 16.7 Å².